The molecule has 1 N–H and O–H groups in total. The van der Waals surface area contributed by atoms with Crippen LogP contribution >= 0.6 is 0 Å². The largest absolute Gasteiger partial charge is 0.514 e. The molecule has 37 heavy (non-hydrogen) atoms. The van der Waals surface area contributed by atoms with E-state index < -0.39 is 6.16 Å². The van der Waals surface area contributed by atoms with Gasteiger partial charge in [-0.3, -0.25) is 0 Å². The van der Waals surface area contributed by atoms with Crippen molar-refractivity contribution in [3.8, 4) is 28.5 Å². The first kappa shape index (κ1) is 24.9. The molecule has 2 aromatic heterocycles. The zero-order chi connectivity index (χ0) is 25.7. The number of ether oxygens (including phenoxy) is 2. The Labute approximate surface area is 211 Å². The van der Waals surface area contributed by atoms with Crippen LogP contribution in [0.5, 0.6) is 5.75 Å². The van der Waals surface area contributed by atoms with E-state index in [-0.39, 0.29) is 24.9 Å². The molecular weight excluding hydrogens is 476 g/mol. The van der Waals surface area contributed by atoms with E-state index in [1.54, 1.807) is 24.3 Å². The van der Waals surface area contributed by atoms with Crippen molar-refractivity contribution >= 4 is 6.16 Å². The van der Waals surface area contributed by atoms with Crippen molar-refractivity contribution in [1.29, 1.82) is 0 Å². The number of carbonyl (C=O) groups excluding carboxylic acids is 1. The molecule has 12 nitrogen and oxygen atoms in total. The Morgan fingerprint density at radius 1 is 0.595 bits per heavy atom. The number of hydrogen-bond acceptors (Lipinski definition) is 12. The minimum Gasteiger partial charge on any atom is -0.426 e. The van der Waals surface area contributed by atoms with Crippen LogP contribution in [-0.2, 0) is 18.0 Å². The maximum atomic E-state index is 11.5. The summed E-state index contributed by atoms with van der Waals surface area (Å²) in [7, 11) is 0. The van der Waals surface area contributed by atoms with Gasteiger partial charge in [0.2, 0.25) is 17.5 Å². The van der Waals surface area contributed by atoms with Crippen molar-refractivity contribution in [1.82, 2.24) is 40.8 Å². The normalized spacial score (nSPS) is 10.1. The number of rotatable bonds is 6. The van der Waals surface area contributed by atoms with Gasteiger partial charge in [0.05, 0.1) is 0 Å². The smallest absolute Gasteiger partial charge is 0.426 e. The van der Waals surface area contributed by atoms with Gasteiger partial charge in [-0.25, -0.2) is 4.79 Å². The third-order valence-corrected chi connectivity index (χ3v) is 4.51. The zero-order valence-corrected chi connectivity index (χ0v) is 19.3. The quantitative estimate of drug-likeness (QED) is 0.271. The molecule has 0 aliphatic heterocycles. The average molecular weight is 496 g/mol. The molecule has 2 heterocycles. The van der Waals surface area contributed by atoms with Crippen molar-refractivity contribution in [2.24, 2.45) is 0 Å². The summed E-state index contributed by atoms with van der Waals surface area (Å²) in [4.78, 5) is 11.5. The first-order valence-corrected chi connectivity index (χ1v) is 10.9. The average Bonchev–Trinajstić information content (AvgIpc) is 2.98. The monoisotopic (exact) mass is 496 g/mol. The van der Waals surface area contributed by atoms with Gasteiger partial charge in [-0.2, -0.15) is 0 Å². The molecule has 12 heteroatoms. The van der Waals surface area contributed by atoms with Gasteiger partial charge in [0, 0.05) is 11.1 Å². The molecule has 3 aromatic carbocycles. The summed E-state index contributed by atoms with van der Waals surface area (Å²) in [6, 6.07) is 27.4. The van der Waals surface area contributed by atoms with Crippen LogP contribution in [0, 0.1) is 0 Å². The molecule has 5 aromatic rings. The number of nitrogens with zero attached hydrogens (tertiary/aromatic N) is 8. The summed E-state index contributed by atoms with van der Waals surface area (Å²) >= 11 is 0. The highest BCUT2D eigenvalue weighted by molar-refractivity contribution is 5.63. The number of hydrogen-bond donors (Lipinski definition) is 1. The van der Waals surface area contributed by atoms with E-state index >= 15 is 0 Å². The number of benzene rings is 3. The standard InChI is InChI=1S/C16H12N4O3.C9H8N4O/c21-16(23-13-9-5-2-6-10-13)22-11-14-17-19-15(20-18-14)12-7-3-1-4-8-12;14-6-8-10-12-9(13-11-8)7-4-2-1-3-5-7/h1-10H,11H2;1-5,14H,6H2. The molecular formula is C25H20N8O4. The van der Waals surface area contributed by atoms with Crippen molar-refractivity contribution in [3.63, 3.8) is 0 Å². The summed E-state index contributed by atoms with van der Waals surface area (Å²) in [6.45, 7) is -0.407. The Morgan fingerprint density at radius 2 is 1.03 bits per heavy atom. The lowest BCUT2D eigenvalue weighted by Crippen LogP contribution is -2.13. The zero-order valence-electron chi connectivity index (χ0n) is 19.3. The van der Waals surface area contributed by atoms with E-state index in [0.29, 0.717) is 17.4 Å². The number of aliphatic hydroxyl groups is 1. The van der Waals surface area contributed by atoms with Crippen LogP contribution in [-0.4, -0.2) is 52.1 Å². The fraction of sp³-hybridized carbons (Fsp3) is 0.0800. The fourth-order valence-electron chi connectivity index (χ4n) is 2.76. The molecule has 0 saturated heterocycles. The van der Waals surface area contributed by atoms with E-state index in [4.69, 9.17) is 14.6 Å². The predicted molar refractivity (Wildman–Crippen MR) is 129 cm³/mol. The molecule has 0 aliphatic carbocycles. The first-order valence-electron chi connectivity index (χ1n) is 10.9. The number of para-hydroxylation sites is 1. The van der Waals surface area contributed by atoms with Gasteiger partial charge in [-0.15, -0.1) is 40.8 Å². The maximum Gasteiger partial charge on any atom is 0.514 e. The van der Waals surface area contributed by atoms with E-state index in [2.05, 4.69) is 40.8 Å². The lowest BCUT2D eigenvalue weighted by Gasteiger charge is -2.04. The second-order valence-corrected chi connectivity index (χ2v) is 7.12. The van der Waals surface area contributed by atoms with Crippen molar-refractivity contribution in [2.75, 3.05) is 0 Å². The van der Waals surface area contributed by atoms with Crippen LogP contribution in [0.2, 0.25) is 0 Å². The first-order chi connectivity index (χ1) is 18.2. The van der Waals surface area contributed by atoms with Crippen molar-refractivity contribution < 1.29 is 19.4 Å². The van der Waals surface area contributed by atoms with Crippen LogP contribution in [0.15, 0.2) is 91.0 Å². The summed E-state index contributed by atoms with van der Waals surface area (Å²) < 4.78 is 9.88. The van der Waals surface area contributed by atoms with Gasteiger partial charge < -0.3 is 14.6 Å². The van der Waals surface area contributed by atoms with Crippen LogP contribution in [0.25, 0.3) is 22.8 Å². The molecule has 0 unspecified atom stereocenters. The molecule has 0 fully saturated rings. The van der Waals surface area contributed by atoms with Crippen molar-refractivity contribution in [2.45, 2.75) is 13.2 Å². The Balaban J connectivity index is 0.000000195. The number of carbonyl (C=O) groups is 1. The SMILES string of the molecule is O=C(OCc1nnc(-c2ccccc2)nn1)Oc1ccccc1.OCc1nnc(-c2ccccc2)nn1. The Hall–Kier alpha value is -5.23. The maximum absolute atomic E-state index is 11.5. The van der Waals surface area contributed by atoms with Crippen LogP contribution in [0.4, 0.5) is 4.79 Å². The van der Waals surface area contributed by atoms with Gasteiger partial charge in [0.25, 0.3) is 0 Å². The molecule has 0 bridgehead atoms. The molecule has 0 spiro atoms. The van der Waals surface area contributed by atoms with Gasteiger partial charge in [0.1, 0.15) is 12.4 Å². The minimum atomic E-state index is -0.841. The molecule has 0 amide bonds. The van der Waals surface area contributed by atoms with Crippen LogP contribution < -0.4 is 4.74 Å². The number of aliphatic hydroxyl groups excluding tert-OH is 1. The minimum absolute atomic E-state index is 0.166. The summed E-state index contributed by atoms with van der Waals surface area (Å²) in [5.74, 6) is 1.68. The highest BCUT2D eigenvalue weighted by Crippen LogP contribution is 2.12. The molecule has 0 aliphatic rings. The van der Waals surface area contributed by atoms with Crippen molar-refractivity contribution in [3.05, 3.63) is 103 Å². The van der Waals surface area contributed by atoms with E-state index in [1.165, 1.54) is 0 Å². The van der Waals surface area contributed by atoms with Crippen LogP contribution in [0.3, 0.4) is 0 Å². The second-order valence-electron chi connectivity index (χ2n) is 7.12. The fourth-order valence-corrected chi connectivity index (χ4v) is 2.76. The van der Waals surface area contributed by atoms with E-state index in [0.717, 1.165) is 11.1 Å². The molecule has 0 radical (unpaired) electrons. The second kappa shape index (κ2) is 13.0. The number of aromatic nitrogens is 8. The molecule has 5 rings (SSSR count). The third kappa shape index (κ3) is 7.63. The van der Waals surface area contributed by atoms with Crippen LogP contribution in [0.1, 0.15) is 11.6 Å². The van der Waals surface area contributed by atoms with E-state index in [1.807, 2.05) is 66.7 Å². The van der Waals surface area contributed by atoms with Gasteiger partial charge in [0.15, 0.2) is 12.4 Å². The van der Waals surface area contributed by atoms with Gasteiger partial charge in [-0.1, -0.05) is 78.9 Å². The Bertz CT molecular complexity index is 1380. The summed E-state index contributed by atoms with van der Waals surface area (Å²) in [5.41, 5.74) is 1.67. The molecule has 0 atom stereocenters. The topological polar surface area (TPSA) is 159 Å². The predicted octanol–water partition coefficient (Wildman–Crippen LogP) is 3.08. The highest BCUT2D eigenvalue weighted by atomic mass is 16.7. The van der Waals surface area contributed by atoms with E-state index in [9.17, 15) is 4.79 Å². The Morgan fingerprint density at radius 3 is 1.49 bits per heavy atom. The van der Waals surface area contributed by atoms with Gasteiger partial charge in [-0.05, 0) is 12.1 Å². The summed E-state index contributed by atoms with van der Waals surface area (Å²) in [6.07, 6.45) is -0.841. The lowest BCUT2D eigenvalue weighted by molar-refractivity contribution is 0.0898. The highest BCUT2D eigenvalue weighted by Gasteiger charge is 2.09. The lowest BCUT2D eigenvalue weighted by atomic mass is 10.2. The van der Waals surface area contributed by atoms with Gasteiger partial charge >= 0.3 is 6.16 Å². The molecule has 0 saturated carbocycles. The Kier molecular flexibility index (Phi) is 8.75. The summed E-state index contributed by atoms with van der Waals surface area (Å²) in [5, 5.41) is 39.4. The molecule has 184 valence electrons. The third-order valence-electron chi connectivity index (χ3n) is 4.51.